The Morgan fingerprint density at radius 1 is 0.821 bits per heavy atom. The van der Waals surface area contributed by atoms with Gasteiger partial charge in [0, 0.05) is 35.1 Å². The first-order valence-corrected chi connectivity index (χ1v) is 12.4. The number of esters is 2. The predicted molar refractivity (Wildman–Crippen MR) is 143 cm³/mol. The first kappa shape index (κ1) is 29.6. The summed E-state index contributed by atoms with van der Waals surface area (Å²) in [6, 6.07) is 3.03. The SMILES string of the molecule is C/C=C(/C)C(=O)Oc1c(OC)c(OC)cc2c1-c1c(cc(O)c(OC)c1OC)[C@H](O)[C@H](C)[C@@H](C)[C@H]2OC(C)=O. The fraction of sp³-hybridized carbons (Fsp3) is 0.448. The van der Waals surface area contributed by atoms with Crippen molar-refractivity contribution in [3.8, 4) is 45.6 Å². The van der Waals surface area contributed by atoms with Gasteiger partial charge in [0.2, 0.25) is 11.5 Å². The minimum Gasteiger partial charge on any atom is -0.504 e. The molecule has 0 fully saturated rings. The number of allylic oxidation sites excluding steroid dienone is 1. The zero-order valence-corrected chi connectivity index (χ0v) is 23.7. The summed E-state index contributed by atoms with van der Waals surface area (Å²) in [5.41, 5.74) is 1.56. The maximum atomic E-state index is 13.1. The number of hydrogen-bond acceptors (Lipinski definition) is 10. The first-order chi connectivity index (χ1) is 18.5. The van der Waals surface area contributed by atoms with Gasteiger partial charge in [0.1, 0.15) is 6.10 Å². The minimum atomic E-state index is -1.15. The van der Waals surface area contributed by atoms with Crippen LogP contribution in [0.2, 0.25) is 0 Å². The molecule has 0 spiro atoms. The molecule has 0 bridgehead atoms. The van der Waals surface area contributed by atoms with E-state index in [1.807, 2.05) is 13.8 Å². The maximum absolute atomic E-state index is 13.1. The van der Waals surface area contributed by atoms with Crippen molar-refractivity contribution in [2.45, 2.75) is 46.8 Å². The second kappa shape index (κ2) is 11.9. The molecule has 0 saturated carbocycles. The van der Waals surface area contributed by atoms with E-state index in [0.29, 0.717) is 16.7 Å². The van der Waals surface area contributed by atoms with Gasteiger partial charge in [-0.25, -0.2) is 4.79 Å². The summed E-state index contributed by atoms with van der Waals surface area (Å²) in [6.07, 6.45) is -0.454. The van der Waals surface area contributed by atoms with Crippen LogP contribution in [0.1, 0.15) is 58.0 Å². The van der Waals surface area contributed by atoms with E-state index in [1.54, 1.807) is 26.0 Å². The molecule has 212 valence electrons. The molecule has 0 radical (unpaired) electrons. The van der Waals surface area contributed by atoms with Crippen LogP contribution in [-0.2, 0) is 14.3 Å². The molecule has 0 saturated heterocycles. The van der Waals surface area contributed by atoms with E-state index in [-0.39, 0.29) is 45.6 Å². The number of phenolic OH excluding ortho intramolecular Hbond substituents is 1. The van der Waals surface area contributed by atoms with Crippen molar-refractivity contribution in [1.82, 2.24) is 0 Å². The van der Waals surface area contributed by atoms with Gasteiger partial charge in [-0.05, 0) is 37.5 Å². The van der Waals surface area contributed by atoms with E-state index in [0.717, 1.165) is 0 Å². The third kappa shape index (κ3) is 5.21. The Labute approximate surface area is 228 Å². The molecular formula is C29H36O10. The van der Waals surface area contributed by atoms with E-state index in [2.05, 4.69) is 0 Å². The number of benzene rings is 2. The van der Waals surface area contributed by atoms with Crippen LogP contribution in [0.5, 0.6) is 34.5 Å². The van der Waals surface area contributed by atoms with Crippen molar-refractivity contribution in [2.24, 2.45) is 11.8 Å². The van der Waals surface area contributed by atoms with E-state index >= 15 is 0 Å². The molecule has 0 aromatic heterocycles. The van der Waals surface area contributed by atoms with Crippen molar-refractivity contribution in [3.05, 3.63) is 34.9 Å². The van der Waals surface area contributed by atoms with E-state index in [4.69, 9.17) is 28.4 Å². The van der Waals surface area contributed by atoms with Crippen LogP contribution >= 0.6 is 0 Å². The van der Waals surface area contributed by atoms with E-state index in [9.17, 15) is 19.8 Å². The second-order valence-electron chi connectivity index (χ2n) is 9.39. The molecule has 10 heteroatoms. The molecular weight excluding hydrogens is 508 g/mol. The van der Waals surface area contributed by atoms with Crippen LogP contribution in [-0.4, -0.2) is 50.6 Å². The number of carbonyl (C=O) groups excluding carboxylic acids is 2. The standard InChI is InChI=1S/C29H36O10/c1-10-13(2)29(33)39-28-22-18(12-20(34-6)26(28)36-8)24(38-16(5)30)15(4)14(3)23(32)17-11-19(31)25(35-7)27(37-9)21(17)22/h10-12,14-15,23-24,31-32H,1-9H3/b13-10-/t14-,15-,23-,24-/m1/s1. The number of hydrogen-bond donors (Lipinski definition) is 2. The summed E-state index contributed by atoms with van der Waals surface area (Å²) in [5, 5.41) is 22.4. The molecule has 1 aliphatic carbocycles. The van der Waals surface area contributed by atoms with Crippen LogP contribution in [0, 0.1) is 11.8 Å². The highest BCUT2D eigenvalue weighted by atomic mass is 16.6. The molecule has 3 rings (SSSR count). The van der Waals surface area contributed by atoms with Crippen LogP contribution < -0.4 is 23.7 Å². The van der Waals surface area contributed by atoms with Crippen molar-refractivity contribution < 1.29 is 48.2 Å². The number of aromatic hydroxyl groups is 1. The van der Waals surface area contributed by atoms with Gasteiger partial charge in [0.05, 0.1) is 34.5 Å². The second-order valence-corrected chi connectivity index (χ2v) is 9.39. The highest BCUT2D eigenvalue weighted by Crippen LogP contribution is 2.59. The molecule has 2 aromatic carbocycles. The summed E-state index contributed by atoms with van der Waals surface area (Å²) in [4.78, 5) is 25.4. The van der Waals surface area contributed by atoms with Crippen molar-refractivity contribution in [1.29, 1.82) is 0 Å². The Hall–Kier alpha value is -3.92. The highest BCUT2D eigenvalue weighted by Gasteiger charge is 2.42. The zero-order valence-electron chi connectivity index (χ0n) is 23.7. The molecule has 0 unspecified atom stereocenters. The number of methoxy groups -OCH3 is 4. The lowest BCUT2D eigenvalue weighted by atomic mass is 9.74. The van der Waals surface area contributed by atoms with Gasteiger partial charge in [-0.15, -0.1) is 0 Å². The van der Waals surface area contributed by atoms with E-state index < -0.39 is 36.0 Å². The molecule has 10 nitrogen and oxygen atoms in total. The summed E-state index contributed by atoms with van der Waals surface area (Å²) >= 11 is 0. The molecule has 39 heavy (non-hydrogen) atoms. The topological polar surface area (TPSA) is 130 Å². The summed E-state index contributed by atoms with van der Waals surface area (Å²) in [7, 11) is 5.57. The average molecular weight is 545 g/mol. The molecule has 0 amide bonds. The lowest BCUT2D eigenvalue weighted by Gasteiger charge is -2.37. The molecule has 0 heterocycles. The van der Waals surface area contributed by atoms with Gasteiger partial charge in [-0.3, -0.25) is 4.79 Å². The van der Waals surface area contributed by atoms with Crippen molar-refractivity contribution in [3.63, 3.8) is 0 Å². The Morgan fingerprint density at radius 3 is 1.92 bits per heavy atom. The van der Waals surface area contributed by atoms with Gasteiger partial charge in [0.15, 0.2) is 23.0 Å². The fourth-order valence-corrected chi connectivity index (χ4v) is 4.86. The van der Waals surface area contributed by atoms with Crippen LogP contribution in [0.4, 0.5) is 0 Å². The lowest BCUT2D eigenvalue weighted by Crippen LogP contribution is -2.29. The van der Waals surface area contributed by atoms with Gasteiger partial charge < -0.3 is 38.6 Å². The molecule has 0 aliphatic heterocycles. The van der Waals surface area contributed by atoms with Crippen LogP contribution in [0.15, 0.2) is 23.8 Å². The number of aliphatic hydroxyl groups is 1. The summed E-state index contributed by atoms with van der Waals surface area (Å²) in [5.74, 6) is -2.04. The van der Waals surface area contributed by atoms with E-state index in [1.165, 1.54) is 41.4 Å². The summed E-state index contributed by atoms with van der Waals surface area (Å²) in [6.45, 7) is 8.24. The maximum Gasteiger partial charge on any atom is 0.338 e. The quantitative estimate of drug-likeness (QED) is 0.282. The third-order valence-corrected chi connectivity index (χ3v) is 7.23. The number of carbonyl (C=O) groups is 2. The lowest BCUT2D eigenvalue weighted by molar-refractivity contribution is -0.151. The fourth-order valence-electron chi connectivity index (χ4n) is 4.86. The average Bonchev–Trinajstić information content (AvgIpc) is 2.92. The zero-order chi connectivity index (χ0) is 29.2. The van der Waals surface area contributed by atoms with Crippen molar-refractivity contribution in [2.75, 3.05) is 28.4 Å². The van der Waals surface area contributed by atoms with Crippen LogP contribution in [0.3, 0.4) is 0 Å². The van der Waals surface area contributed by atoms with Crippen molar-refractivity contribution >= 4 is 11.9 Å². The molecule has 1 aliphatic rings. The number of rotatable bonds is 7. The molecule has 2 N–H and O–H groups in total. The smallest absolute Gasteiger partial charge is 0.338 e. The Balaban J connectivity index is 2.67. The number of ether oxygens (including phenoxy) is 6. The number of fused-ring (bicyclic) bond motifs is 3. The normalized spacial score (nSPS) is 20.5. The largest absolute Gasteiger partial charge is 0.504 e. The van der Waals surface area contributed by atoms with Gasteiger partial charge >= 0.3 is 11.9 Å². The predicted octanol–water partition coefficient (Wildman–Crippen LogP) is 4.89. The minimum absolute atomic E-state index is 0.00333. The molecule has 4 atom stereocenters. The first-order valence-electron chi connectivity index (χ1n) is 12.4. The van der Waals surface area contributed by atoms with Gasteiger partial charge in [-0.2, -0.15) is 0 Å². The van der Waals surface area contributed by atoms with Gasteiger partial charge in [0.25, 0.3) is 0 Å². The Bertz CT molecular complexity index is 1300. The Morgan fingerprint density at radius 2 is 1.41 bits per heavy atom. The molecule has 2 aromatic rings. The summed E-state index contributed by atoms with van der Waals surface area (Å²) < 4.78 is 34.2. The van der Waals surface area contributed by atoms with Crippen LogP contribution in [0.25, 0.3) is 11.1 Å². The monoisotopic (exact) mass is 544 g/mol. The van der Waals surface area contributed by atoms with Gasteiger partial charge in [-0.1, -0.05) is 19.9 Å². The third-order valence-electron chi connectivity index (χ3n) is 7.23. The Kier molecular flexibility index (Phi) is 9.01. The number of aliphatic hydroxyl groups excluding tert-OH is 1. The number of phenols is 1. The highest BCUT2D eigenvalue weighted by molar-refractivity contribution is 5.95.